The molecule has 0 unspecified atom stereocenters. The van der Waals surface area contributed by atoms with Crippen molar-refractivity contribution in [2.75, 3.05) is 68.8 Å². The molecule has 9 nitrogen and oxygen atoms in total. The molecule has 2 aromatic rings. The van der Waals surface area contributed by atoms with Crippen LogP contribution in [0.2, 0.25) is 0 Å². The van der Waals surface area contributed by atoms with Gasteiger partial charge in [0.25, 0.3) is 0 Å². The molecule has 0 spiro atoms. The molecule has 0 radical (unpaired) electrons. The van der Waals surface area contributed by atoms with Crippen molar-refractivity contribution in [1.82, 2.24) is 9.80 Å². The second-order valence-electron chi connectivity index (χ2n) is 8.94. The Hall–Kier alpha value is -3.30. The van der Waals surface area contributed by atoms with Crippen LogP contribution in [-0.4, -0.2) is 84.5 Å². The summed E-state index contributed by atoms with van der Waals surface area (Å²) in [5.74, 6) is 3.81. The number of ether oxygens (including phenoxy) is 6. The van der Waals surface area contributed by atoms with Crippen LogP contribution in [0.25, 0.3) is 6.08 Å². The number of hydrogen-bond donors (Lipinski definition) is 0. The summed E-state index contributed by atoms with van der Waals surface area (Å²) >= 11 is 0. The van der Waals surface area contributed by atoms with Gasteiger partial charge in [-0.25, -0.2) is 0 Å². The Morgan fingerprint density at radius 3 is 1.92 bits per heavy atom. The van der Waals surface area contributed by atoms with E-state index in [1.165, 1.54) is 0 Å². The van der Waals surface area contributed by atoms with E-state index in [1.807, 2.05) is 29.2 Å². The van der Waals surface area contributed by atoms with Gasteiger partial charge in [-0.3, -0.25) is 9.69 Å². The second kappa shape index (κ2) is 13.0. The highest BCUT2D eigenvalue weighted by molar-refractivity contribution is 5.99. The van der Waals surface area contributed by atoms with E-state index >= 15 is 0 Å². The average Bonchev–Trinajstić information content (AvgIpc) is 2.95. The van der Waals surface area contributed by atoms with Crippen LogP contribution in [0.3, 0.4) is 0 Å². The lowest BCUT2D eigenvalue weighted by molar-refractivity contribution is -0.129. The number of methoxy groups -OCH3 is 6. The third-order valence-corrected chi connectivity index (χ3v) is 7.06. The molecule has 1 aliphatic heterocycles. The fourth-order valence-corrected chi connectivity index (χ4v) is 5.15. The van der Waals surface area contributed by atoms with E-state index in [2.05, 4.69) is 4.90 Å². The number of fused-ring (bicyclic) bond motifs is 1. The molecule has 2 aliphatic rings. The van der Waals surface area contributed by atoms with Gasteiger partial charge in [-0.2, -0.15) is 0 Å². The molecule has 1 saturated heterocycles. The lowest BCUT2D eigenvalue weighted by Crippen LogP contribution is -2.48. The maximum Gasteiger partial charge on any atom is 0.249 e. The first-order valence-corrected chi connectivity index (χ1v) is 12.3. The van der Waals surface area contributed by atoms with Crippen LogP contribution in [-0.2, 0) is 17.8 Å². The SMILES string of the molecule is COc1ccc(CN2CCN(C(=O)C3=Cc4cc(OC)c(OC)c(OC)c4CC3)CC2)c(OC)c1OC.Cl. The van der Waals surface area contributed by atoms with E-state index in [9.17, 15) is 4.79 Å². The normalized spacial score (nSPS) is 15.0. The maximum absolute atomic E-state index is 13.4. The summed E-state index contributed by atoms with van der Waals surface area (Å²) in [7, 11) is 9.67. The Balaban J connectivity index is 0.00000400. The van der Waals surface area contributed by atoms with E-state index < -0.39 is 0 Å². The average molecular weight is 549 g/mol. The first-order chi connectivity index (χ1) is 18.0. The van der Waals surface area contributed by atoms with E-state index in [-0.39, 0.29) is 18.3 Å². The minimum atomic E-state index is 0. The topological polar surface area (TPSA) is 78.9 Å². The quantitative estimate of drug-likeness (QED) is 0.468. The van der Waals surface area contributed by atoms with Gasteiger partial charge in [0.05, 0.1) is 42.7 Å². The first-order valence-electron chi connectivity index (χ1n) is 12.3. The fourth-order valence-electron chi connectivity index (χ4n) is 5.15. The van der Waals surface area contributed by atoms with Crippen molar-refractivity contribution in [1.29, 1.82) is 0 Å². The van der Waals surface area contributed by atoms with Crippen molar-refractivity contribution in [3.05, 3.63) is 40.5 Å². The van der Waals surface area contributed by atoms with Gasteiger partial charge in [0, 0.05) is 49.4 Å². The Labute approximate surface area is 230 Å². The Morgan fingerprint density at radius 2 is 1.34 bits per heavy atom. The van der Waals surface area contributed by atoms with Crippen molar-refractivity contribution in [3.8, 4) is 34.5 Å². The van der Waals surface area contributed by atoms with Gasteiger partial charge in [-0.15, -0.1) is 12.4 Å². The number of benzene rings is 2. The lowest BCUT2D eigenvalue weighted by atomic mass is 9.90. The summed E-state index contributed by atoms with van der Waals surface area (Å²) in [6, 6.07) is 5.81. The van der Waals surface area contributed by atoms with Gasteiger partial charge >= 0.3 is 0 Å². The standard InChI is InChI=1S/C28H36N2O7.ClH/c1-32-22-10-8-19(24(34-3)26(22)36-5)17-29-11-13-30(14-12-29)28(31)18-7-9-21-20(15-18)16-23(33-2)27(37-6)25(21)35-4;/h8,10,15-16H,7,9,11-14,17H2,1-6H3;1H. The van der Waals surface area contributed by atoms with E-state index in [0.717, 1.165) is 35.4 Å². The molecule has 0 aromatic heterocycles. The van der Waals surface area contributed by atoms with Crippen molar-refractivity contribution < 1.29 is 33.2 Å². The van der Waals surface area contributed by atoms with Gasteiger partial charge in [0.15, 0.2) is 23.0 Å². The predicted molar refractivity (Wildman–Crippen MR) is 148 cm³/mol. The highest BCUT2D eigenvalue weighted by Gasteiger charge is 2.29. The smallest absolute Gasteiger partial charge is 0.249 e. The number of piperazine rings is 1. The number of rotatable bonds is 9. The maximum atomic E-state index is 13.4. The van der Waals surface area contributed by atoms with Crippen LogP contribution < -0.4 is 28.4 Å². The van der Waals surface area contributed by atoms with Crippen molar-refractivity contribution in [2.24, 2.45) is 0 Å². The van der Waals surface area contributed by atoms with E-state index in [4.69, 9.17) is 28.4 Å². The minimum absolute atomic E-state index is 0. The summed E-state index contributed by atoms with van der Waals surface area (Å²) in [5.41, 5.74) is 3.79. The molecule has 0 saturated carbocycles. The number of carbonyl (C=O) groups is 1. The van der Waals surface area contributed by atoms with Crippen LogP contribution in [0.1, 0.15) is 23.1 Å². The molecule has 0 N–H and O–H groups in total. The molecule has 4 rings (SSSR count). The molecule has 0 bridgehead atoms. The molecular weight excluding hydrogens is 512 g/mol. The van der Waals surface area contributed by atoms with Gasteiger partial charge in [0.2, 0.25) is 17.4 Å². The third kappa shape index (κ3) is 5.59. The van der Waals surface area contributed by atoms with Crippen molar-refractivity contribution >= 4 is 24.4 Å². The van der Waals surface area contributed by atoms with E-state index in [1.54, 1.807) is 42.7 Å². The number of nitrogens with zero attached hydrogens (tertiary/aromatic N) is 2. The lowest BCUT2D eigenvalue weighted by Gasteiger charge is -2.36. The molecule has 1 heterocycles. The molecule has 2 aromatic carbocycles. The van der Waals surface area contributed by atoms with Crippen LogP contribution in [0.5, 0.6) is 34.5 Å². The van der Waals surface area contributed by atoms with Crippen molar-refractivity contribution in [2.45, 2.75) is 19.4 Å². The molecule has 1 amide bonds. The van der Waals surface area contributed by atoms with Gasteiger partial charge < -0.3 is 33.3 Å². The fraction of sp³-hybridized carbons (Fsp3) is 0.464. The van der Waals surface area contributed by atoms with Crippen LogP contribution in [0.15, 0.2) is 23.8 Å². The van der Waals surface area contributed by atoms with Gasteiger partial charge in [-0.1, -0.05) is 6.07 Å². The number of carbonyl (C=O) groups excluding carboxylic acids is 1. The van der Waals surface area contributed by atoms with Gasteiger partial charge in [0.1, 0.15) is 0 Å². The summed E-state index contributed by atoms with van der Waals surface area (Å²) in [6.45, 7) is 3.56. The highest BCUT2D eigenvalue weighted by Crippen LogP contribution is 2.45. The Kier molecular flexibility index (Phi) is 9.99. The number of amides is 1. The molecule has 1 aliphatic carbocycles. The number of hydrogen-bond acceptors (Lipinski definition) is 8. The predicted octanol–water partition coefficient (Wildman–Crippen LogP) is 3.83. The monoisotopic (exact) mass is 548 g/mol. The molecule has 38 heavy (non-hydrogen) atoms. The Morgan fingerprint density at radius 1 is 0.737 bits per heavy atom. The molecule has 10 heteroatoms. The van der Waals surface area contributed by atoms with Crippen molar-refractivity contribution in [3.63, 3.8) is 0 Å². The van der Waals surface area contributed by atoms with Crippen LogP contribution in [0.4, 0.5) is 0 Å². The minimum Gasteiger partial charge on any atom is -0.493 e. The summed E-state index contributed by atoms with van der Waals surface area (Å²) in [4.78, 5) is 17.7. The summed E-state index contributed by atoms with van der Waals surface area (Å²) in [5, 5.41) is 0. The van der Waals surface area contributed by atoms with Crippen LogP contribution in [0, 0.1) is 0 Å². The molecular formula is C28H37ClN2O7. The zero-order valence-electron chi connectivity index (χ0n) is 22.9. The zero-order valence-corrected chi connectivity index (χ0v) is 23.7. The van der Waals surface area contributed by atoms with E-state index in [0.29, 0.717) is 67.0 Å². The summed E-state index contributed by atoms with van der Waals surface area (Å²) < 4.78 is 33.2. The molecule has 1 fully saturated rings. The highest BCUT2D eigenvalue weighted by atomic mass is 35.5. The van der Waals surface area contributed by atoms with Gasteiger partial charge in [-0.05, 0) is 36.6 Å². The third-order valence-electron chi connectivity index (χ3n) is 7.06. The first kappa shape index (κ1) is 29.3. The second-order valence-corrected chi connectivity index (χ2v) is 8.94. The number of halogens is 1. The largest absolute Gasteiger partial charge is 0.493 e. The molecule has 208 valence electrons. The summed E-state index contributed by atoms with van der Waals surface area (Å²) in [6.07, 6.45) is 3.32. The Bertz CT molecular complexity index is 1180. The zero-order chi connectivity index (χ0) is 26.5. The van der Waals surface area contributed by atoms with Crippen LogP contribution >= 0.6 is 12.4 Å². The molecule has 0 atom stereocenters.